The van der Waals surface area contributed by atoms with Crippen molar-refractivity contribution >= 4 is 12.0 Å². The molecular weight excluding hydrogens is 363 g/mol. The Morgan fingerprint density at radius 2 is 2.04 bits per heavy atom. The maximum atomic E-state index is 13.1. The lowest BCUT2D eigenvalue weighted by atomic mass is 9.92. The van der Waals surface area contributed by atoms with Gasteiger partial charge in [-0.05, 0) is 36.3 Å². The average Bonchev–Trinajstić information content (AvgIpc) is 3.20. The summed E-state index contributed by atoms with van der Waals surface area (Å²) in [4.78, 5) is 31.4. The van der Waals surface area contributed by atoms with E-state index >= 15 is 0 Å². The average molecular weight is 383 g/mol. The van der Waals surface area contributed by atoms with Crippen LogP contribution >= 0.6 is 0 Å². The van der Waals surface area contributed by atoms with Gasteiger partial charge >= 0.3 is 12.3 Å². The summed E-state index contributed by atoms with van der Waals surface area (Å²) in [6.07, 6.45) is -1.70. The molecule has 1 aliphatic carbocycles. The normalized spacial score (nSPS) is 27.4. The summed E-state index contributed by atoms with van der Waals surface area (Å²) in [6, 6.07) is 0.319. The summed E-state index contributed by atoms with van der Waals surface area (Å²) in [5.74, 6) is -0.0879. The second-order valence-corrected chi connectivity index (χ2v) is 7.57. The van der Waals surface area contributed by atoms with Crippen molar-refractivity contribution in [2.24, 2.45) is 11.8 Å². The molecule has 6 nitrogen and oxygen atoms in total. The van der Waals surface area contributed by atoms with Gasteiger partial charge in [-0.3, -0.25) is 14.7 Å². The largest absolute Gasteiger partial charge is 0.465 e. The number of carboxylic acid groups (broad SMARTS) is 1. The van der Waals surface area contributed by atoms with Gasteiger partial charge in [-0.1, -0.05) is 6.42 Å². The zero-order chi connectivity index (χ0) is 19.3. The number of fused-ring (bicyclic) bond motifs is 2. The third-order valence-electron chi connectivity index (χ3n) is 6.07. The zero-order valence-electron chi connectivity index (χ0n) is 14.6. The fourth-order valence-electron chi connectivity index (χ4n) is 4.78. The number of hydrogen-bond acceptors (Lipinski definition) is 3. The number of likely N-dealkylation sites (tertiary alicyclic amines) is 1. The van der Waals surface area contributed by atoms with Crippen molar-refractivity contribution in [2.75, 3.05) is 13.1 Å². The number of nitrogens with zero attached hydrogens (tertiary/aromatic N) is 3. The maximum absolute atomic E-state index is 13.1. The number of pyridine rings is 1. The van der Waals surface area contributed by atoms with E-state index in [1.54, 1.807) is 0 Å². The predicted molar refractivity (Wildman–Crippen MR) is 87.7 cm³/mol. The Morgan fingerprint density at radius 1 is 1.26 bits per heavy atom. The van der Waals surface area contributed by atoms with Crippen molar-refractivity contribution in [1.82, 2.24) is 14.8 Å². The molecule has 3 unspecified atom stereocenters. The molecule has 3 atom stereocenters. The predicted octanol–water partition coefficient (Wildman–Crippen LogP) is 2.76. The number of halogens is 3. The van der Waals surface area contributed by atoms with Crippen LogP contribution in [0.2, 0.25) is 0 Å². The number of hydrogen-bond donors (Lipinski definition) is 1. The molecule has 0 bridgehead atoms. The number of alkyl halides is 3. The van der Waals surface area contributed by atoms with Crippen molar-refractivity contribution in [1.29, 1.82) is 0 Å². The van der Waals surface area contributed by atoms with Crippen molar-refractivity contribution in [3.8, 4) is 0 Å². The van der Waals surface area contributed by atoms with Crippen LogP contribution in [0.4, 0.5) is 18.0 Å². The van der Waals surface area contributed by atoms with Crippen LogP contribution in [0.5, 0.6) is 0 Å². The van der Waals surface area contributed by atoms with Crippen LogP contribution in [0.15, 0.2) is 12.3 Å². The molecule has 1 saturated carbocycles. The van der Waals surface area contributed by atoms with Crippen molar-refractivity contribution < 1.29 is 27.9 Å². The first-order chi connectivity index (χ1) is 12.8. The Morgan fingerprint density at radius 3 is 2.74 bits per heavy atom. The van der Waals surface area contributed by atoms with E-state index in [1.165, 1.54) is 9.80 Å². The van der Waals surface area contributed by atoms with Gasteiger partial charge in [0.25, 0.3) is 0 Å². The first-order valence-corrected chi connectivity index (χ1v) is 9.09. The van der Waals surface area contributed by atoms with Crippen LogP contribution < -0.4 is 0 Å². The molecule has 2 aliphatic heterocycles. The minimum Gasteiger partial charge on any atom is -0.465 e. The molecule has 3 aliphatic rings. The molecule has 1 N–H and O–H groups in total. The van der Waals surface area contributed by atoms with Gasteiger partial charge in [0.1, 0.15) is 6.04 Å². The molecular formula is C18H20F3N3O3. The van der Waals surface area contributed by atoms with E-state index in [-0.39, 0.29) is 24.3 Å². The monoisotopic (exact) mass is 383 g/mol. The quantitative estimate of drug-likeness (QED) is 0.809. The van der Waals surface area contributed by atoms with E-state index in [9.17, 15) is 27.9 Å². The SMILES string of the molecule is O=C(C1C2CCCC2CN1C(=O)O)N1CCc2ncc(C(F)(F)F)cc2C1. The van der Waals surface area contributed by atoms with E-state index in [4.69, 9.17) is 0 Å². The van der Waals surface area contributed by atoms with Crippen LogP contribution in [0.3, 0.4) is 0 Å². The van der Waals surface area contributed by atoms with Gasteiger partial charge in [0.15, 0.2) is 0 Å². The van der Waals surface area contributed by atoms with E-state index in [1.807, 2.05) is 0 Å². The summed E-state index contributed by atoms with van der Waals surface area (Å²) in [5.41, 5.74) is 0.110. The smallest absolute Gasteiger partial charge is 0.417 e. The van der Waals surface area contributed by atoms with E-state index in [2.05, 4.69) is 4.98 Å². The Kier molecular flexibility index (Phi) is 4.27. The summed E-state index contributed by atoms with van der Waals surface area (Å²) in [7, 11) is 0. The van der Waals surface area contributed by atoms with Crippen LogP contribution in [-0.2, 0) is 23.9 Å². The molecule has 0 aromatic carbocycles. The first-order valence-electron chi connectivity index (χ1n) is 9.09. The highest BCUT2D eigenvalue weighted by Crippen LogP contribution is 2.43. The minimum atomic E-state index is -4.49. The van der Waals surface area contributed by atoms with Gasteiger partial charge in [0, 0.05) is 37.9 Å². The Labute approximate surface area is 154 Å². The molecule has 1 aromatic heterocycles. The molecule has 27 heavy (non-hydrogen) atoms. The Bertz CT molecular complexity index is 783. The third-order valence-corrected chi connectivity index (χ3v) is 6.07. The molecule has 0 spiro atoms. The fraction of sp³-hybridized carbons (Fsp3) is 0.611. The Hall–Kier alpha value is -2.32. The Balaban J connectivity index is 1.57. The lowest BCUT2D eigenvalue weighted by Gasteiger charge is -2.34. The van der Waals surface area contributed by atoms with E-state index in [0.717, 1.165) is 31.5 Å². The number of rotatable bonds is 1. The highest BCUT2D eigenvalue weighted by Gasteiger charge is 2.50. The summed E-state index contributed by atoms with van der Waals surface area (Å²) < 4.78 is 38.9. The maximum Gasteiger partial charge on any atom is 0.417 e. The van der Waals surface area contributed by atoms with Gasteiger partial charge in [-0.2, -0.15) is 13.2 Å². The van der Waals surface area contributed by atoms with Gasteiger partial charge in [0.05, 0.1) is 5.56 Å². The molecule has 2 fully saturated rings. The van der Waals surface area contributed by atoms with Crippen LogP contribution in [0, 0.1) is 11.8 Å². The molecule has 3 heterocycles. The highest BCUT2D eigenvalue weighted by atomic mass is 19.4. The second-order valence-electron chi connectivity index (χ2n) is 7.57. The molecule has 146 valence electrons. The number of carbonyl (C=O) groups is 2. The number of aromatic nitrogens is 1. The number of amides is 2. The van der Waals surface area contributed by atoms with Gasteiger partial charge < -0.3 is 10.0 Å². The van der Waals surface area contributed by atoms with E-state index < -0.39 is 23.9 Å². The topological polar surface area (TPSA) is 73.7 Å². The lowest BCUT2D eigenvalue weighted by Crippen LogP contribution is -2.51. The zero-order valence-corrected chi connectivity index (χ0v) is 14.6. The molecule has 4 rings (SSSR count). The standard InChI is InChI=1S/C18H20F3N3O3/c19-18(20,21)12-6-11-8-23(5-4-14(11)22-7-12)16(25)15-13-3-1-2-10(13)9-24(15)17(26)27/h6-7,10,13,15H,1-5,8-9H2,(H,26,27). The lowest BCUT2D eigenvalue weighted by molar-refractivity contribution is -0.138. The molecule has 1 saturated heterocycles. The molecule has 9 heteroatoms. The van der Waals surface area contributed by atoms with Gasteiger partial charge in [0.2, 0.25) is 5.91 Å². The van der Waals surface area contributed by atoms with Crippen LogP contribution in [-0.4, -0.2) is 51.0 Å². The second kappa shape index (κ2) is 6.38. The molecule has 1 aromatic rings. The van der Waals surface area contributed by atoms with Crippen molar-refractivity contribution in [2.45, 2.75) is 44.4 Å². The molecule has 0 radical (unpaired) electrons. The summed E-state index contributed by atoms with van der Waals surface area (Å²) in [5, 5.41) is 9.49. The summed E-state index contributed by atoms with van der Waals surface area (Å²) >= 11 is 0. The molecule has 2 amide bonds. The van der Waals surface area contributed by atoms with Crippen LogP contribution in [0.1, 0.15) is 36.1 Å². The van der Waals surface area contributed by atoms with Crippen LogP contribution in [0.25, 0.3) is 0 Å². The fourth-order valence-corrected chi connectivity index (χ4v) is 4.78. The van der Waals surface area contributed by atoms with Crippen molar-refractivity contribution in [3.05, 3.63) is 29.1 Å². The van der Waals surface area contributed by atoms with Crippen molar-refractivity contribution in [3.63, 3.8) is 0 Å². The van der Waals surface area contributed by atoms with Gasteiger partial charge in [-0.25, -0.2) is 4.79 Å². The first kappa shape index (κ1) is 18.1. The minimum absolute atomic E-state index is 0.00892. The van der Waals surface area contributed by atoms with E-state index in [0.29, 0.717) is 30.8 Å². The summed E-state index contributed by atoms with van der Waals surface area (Å²) in [6.45, 7) is 0.735. The van der Waals surface area contributed by atoms with Gasteiger partial charge in [-0.15, -0.1) is 0 Å². The third kappa shape index (κ3) is 3.12. The highest BCUT2D eigenvalue weighted by molar-refractivity contribution is 5.86. The number of carbonyl (C=O) groups excluding carboxylic acids is 1.